The number of ether oxygens (including phenoxy) is 1. The van der Waals surface area contributed by atoms with Crippen LogP contribution in [-0.2, 0) is 10.9 Å². The first-order valence-electron chi connectivity index (χ1n) is 6.08. The Morgan fingerprint density at radius 1 is 1.33 bits per heavy atom. The minimum atomic E-state index is -4.61. The fraction of sp³-hybridized carbons (Fsp3) is 0.636. The summed E-state index contributed by atoms with van der Waals surface area (Å²) in [6.07, 6.45) is -7.33. The van der Waals surface area contributed by atoms with Crippen LogP contribution in [0.5, 0.6) is 0 Å². The lowest BCUT2D eigenvalue weighted by Crippen LogP contribution is -2.56. The predicted molar refractivity (Wildman–Crippen MR) is 63.3 cm³/mol. The van der Waals surface area contributed by atoms with Crippen LogP contribution in [0.4, 0.5) is 19.1 Å². The molecular formula is C11H14F3N3O4. The van der Waals surface area contributed by atoms with Crippen LogP contribution >= 0.6 is 0 Å². The van der Waals surface area contributed by atoms with E-state index in [1.165, 1.54) is 0 Å². The van der Waals surface area contributed by atoms with Gasteiger partial charge in [-0.05, 0) is 6.07 Å². The lowest BCUT2D eigenvalue weighted by Gasteiger charge is -2.37. The van der Waals surface area contributed by atoms with Gasteiger partial charge in [-0.1, -0.05) is 0 Å². The molecule has 1 aromatic rings. The van der Waals surface area contributed by atoms with Crippen LogP contribution < -0.4 is 5.32 Å². The quantitative estimate of drug-likeness (QED) is 0.590. The summed E-state index contributed by atoms with van der Waals surface area (Å²) in [4.78, 5) is 6.92. The van der Waals surface area contributed by atoms with E-state index in [2.05, 4.69) is 15.3 Å². The molecule has 10 heteroatoms. The van der Waals surface area contributed by atoms with Gasteiger partial charge in [-0.3, -0.25) is 0 Å². The monoisotopic (exact) mass is 309 g/mol. The Kier molecular flexibility index (Phi) is 4.61. The highest BCUT2D eigenvalue weighted by Crippen LogP contribution is 2.28. The molecule has 0 spiro atoms. The van der Waals surface area contributed by atoms with Gasteiger partial charge in [-0.15, -0.1) is 0 Å². The second kappa shape index (κ2) is 6.10. The Morgan fingerprint density at radius 2 is 2.05 bits per heavy atom. The average molecular weight is 309 g/mol. The molecule has 1 aromatic heterocycles. The topological polar surface area (TPSA) is 108 Å². The van der Waals surface area contributed by atoms with Crippen molar-refractivity contribution >= 4 is 5.95 Å². The van der Waals surface area contributed by atoms with Crippen molar-refractivity contribution in [2.45, 2.75) is 30.5 Å². The number of aliphatic hydroxyl groups is 3. The third kappa shape index (κ3) is 3.59. The Hall–Kier alpha value is -1.49. The number of rotatable bonds is 3. The average Bonchev–Trinajstić information content (AvgIpc) is 2.44. The van der Waals surface area contributed by atoms with Gasteiger partial charge in [0.25, 0.3) is 0 Å². The third-order valence-electron chi connectivity index (χ3n) is 3.07. The molecule has 2 rings (SSSR count). The molecule has 0 bridgehead atoms. The molecule has 0 aromatic carbocycles. The van der Waals surface area contributed by atoms with Crippen molar-refractivity contribution in [3.63, 3.8) is 0 Å². The van der Waals surface area contributed by atoms with Gasteiger partial charge >= 0.3 is 6.18 Å². The first-order chi connectivity index (χ1) is 9.82. The van der Waals surface area contributed by atoms with Gasteiger partial charge in [0.1, 0.15) is 24.0 Å². The van der Waals surface area contributed by atoms with Crippen LogP contribution in [0.1, 0.15) is 5.69 Å². The highest BCUT2D eigenvalue weighted by molar-refractivity contribution is 5.28. The number of nitrogens with zero attached hydrogens (tertiary/aromatic N) is 2. The van der Waals surface area contributed by atoms with E-state index in [1.807, 2.05) is 0 Å². The predicted octanol–water partition coefficient (Wildman–Crippen LogP) is -0.611. The van der Waals surface area contributed by atoms with E-state index in [0.717, 1.165) is 12.3 Å². The van der Waals surface area contributed by atoms with Crippen LogP contribution in [-0.4, -0.2) is 62.9 Å². The molecule has 7 nitrogen and oxygen atoms in total. The minimum Gasteiger partial charge on any atom is -0.394 e. The Bertz CT molecular complexity index is 488. The van der Waals surface area contributed by atoms with Crippen molar-refractivity contribution in [3.05, 3.63) is 18.0 Å². The van der Waals surface area contributed by atoms with Crippen LogP contribution in [0.3, 0.4) is 0 Å². The zero-order chi connectivity index (χ0) is 15.6. The summed E-state index contributed by atoms with van der Waals surface area (Å²) in [5.41, 5.74) is -1.12. The zero-order valence-corrected chi connectivity index (χ0v) is 10.7. The van der Waals surface area contributed by atoms with Gasteiger partial charge in [-0.2, -0.15) is 13.2 Å². The molecule has 1 aliphatic heterocycles. The zero-order valence-electron chi connectivity index (χ0n) is 10.7. The second-order valence-electron chi connectivity index (χ2n) is 4.55. The van der Waals surface area contributed by atoms with Crippen molar-refractivity contribution in [2.24, 2.45) is 0 Å². The smallest absolute Gasteiger partial charge is 0.394 e. The molecule has 2 heterocycles. The largest absolute Gasteiger partial charge is 0.433 e. The number of aliphatic hydroxyl groups excluding tert-OH is 3. The standard InChI is InChI=1S/C11H14F3N3O4/c12-11(13,14)7-1-2-15-10(17-7)16-5-4-21-6(3-18)9(20)8(5)19/h1-2,5-6,8-9,18-20H,3-4H2,(H,15,16,17)/t5-,6+,8+,9-/m0/s1. The summed E-state index contributed by atoms with van der Waals surface area (Å²) in [7, 11) is 0. The number of nitrogens with one attached hydrogen (secondary N) is 1. The molecule has 0 unspecified atom stereocenters. The number of hydrogen-bond donors (Lipinski definition) is 4. The highest BCUT2D eigenvalue weighted by Gasteiger charge is 2.39. The van der Waals surface area contributed by atoms with Crippen molar-refractivity contribution < 1.29 is 33.2 Å². The van der Waals surface area contributed by atoms with Crippen molar-refractivity contribution in [1.29, 1.82) is 0 Å². The number of halogens is 3. The maximum absolute atomic E-state index is 12.5. The summed E-state index contributed by atoms with van der Waals surface area (Å²) in [5.74, 6) is -0.341. The number of anilines is 1. The first kappa shape index (κ1) is 15.9. The molecule has 4 atom stereocenters. The molecule has 1 fully saturated rings. The van der Waals surface area contributed by atoms with E-state index in [0.29, 0.717) is 0 Å². The van der Waals surface area contributed by atoms with Crippen molar-refractivity contribution in [2.75, 3.05) is 18.5 Å². The molecule has 0 saturated carbocycles. The maximum atomic E-state index is 12.5. The number of alkyl halides is 3. The van der Waals surface area contributed by atoms with Crippen LogP contribution in [0.15, 0.2) is 12.3 Å². The number of aromatic nitrogens is 2. The molecule has 0 amide bonds. The summed E-state index contributed by atoms with van der Waals surface area (Å²) < 4.78 is 42.7. The van der Waals surface area contributed by atoms with Gasteiger partial charge in [0.2, 0.25) is 5.95 Å². The Balaban J connectivity index is 2.08. The fourth-order valence-corrected chi connectivity index (χ4v) is 1.92. The van der Waals surface area contributed by atoms with E-state index >= 15 is 0 Å². The lowest BCUT2D eigenvalue weighted by atomic mass is 9.98. The summed E-state index contributed by atoms with van der Waals surface area (Å²) in [6.45, 7) is -0.603. The van der Waals surface area contributed by atoms with Gasteiger partial charge in [0.15, 0.2) is 0 Å². The van der Waals surface area contributed by atoms with Crippen LogP contribution in [0, 0.1) is 0 Å². The molecular weight excluding hydrogens is 295 g/mol. The molecule has 1 aliphatic rings. The number of hydrogen-bond acceptors (Lipinski definition) is 7. The maximum Gasteiger partial charge on any atom is 0.433 e. The molecule has 1 saturated heterocycles. The third-order valence-corrected chi connectivity index (χ3v) is 3.07. The molecule has 118 valence electrons. The van der Waals surface area contributed by atoms with Gasteiger partial charge in [0, 0.05) is 6.20 Å². The fourth-order valence-electron chi connectivity index (χ4n) is 1.92. The second-order valence-corrected chi connectivity index (χ2v) is 4.55. The molecule has 4 N–H and O–H groups in total. The molecule has 21 heavy (non-hydrogen) atoms. The van der Waals surface area contributed by atoms with E-state index in [4.69, 9.17) is 9.84 Å². The van der Waals surface area contributed by atoms with Crippen molar-refractivity contribution in [3.8, 4) is 0 Å². The van der Waals surface area contributed by atoms with E-state index in [9.17, 15) is 23.4 Å². The summed E-state index contributed by atoms with van der Waals surface area (Å²) >= 11 is 0. The normalized spacial score (nSPS) is 30.2. The van der Waals surface area contributed by atoms with E-state index in [1.54, 1.807) is 0 Å². The molecule has 0 radical (unpaired) electrons. The van der Waals surface area contributed by atoms with Crippen LogP contribution in [0.2, 0.25) is 0 Å². The SMILES string of the molecule is OC[C@H]1OC[C@H](Nc2nccc(C(F)(F)F)n2)[C@@H](O)[C@H]1O. The first-order valence-corrected chi connectivity index (χ1v) is 6.08. The van der Waals surface area contributed by atoms with Crippen molar-refractivity contribution in [1.82, 2.24) is 9.97 Å². The Morgan fingerprint density at radius 3 is 2.67 bits per heavy atom. The minimum absolute atomic E-state index is 0.122. The van der Waals surface area contributed by atoms with Gasteiger partial charge < -0.3 is 25.4 Å². The van der Waals surface area contributed by atoms with Gasteiger partial charge in [-0.25, -0.2) is 9.97 Å². The van der Waals surface area contributed by atoms with E-state index < -0.39 is 42.8 Å². The molecule has 0 aliphatic carbocycles. The lowest BCUT2D eigenvalue weighted by molar-refractivity contribution is -0.152. The van der Waals surface area contributed by atoms with Crippen LogP contribution in [0.25, 0.3) is 0 Å². The van der Waals surface area contributed by atoms with E-state index in [-0.39, 0.29) is 12.6 Å². The summed E-state index contributed by atoms with van der Waals surface area (Å²) in [5, 5.41) is 30.9. The Labute approximate surface area is 117 Å². The van der Waals surface area contributed by atoms with Gasteiger partial charge in [0.05, 0.1) is 19.3 Å². The summed E-state index contributed by atoms with van der Waals surface area (Å²) in [6, 6.07) is -0.179. The highest BCUT2D eigenvalue weighted by atomic mass is 19.4.